The Morgan fingerprint density at radius 2 is 2.21 bits per heavy atom. The highest BCUT2D eigenvalue weighted by Gasteiger charge is 2.09. The molecule has 0 saturated carbocycles. The average molecular weight is 296 g/mol. The first kappa shape index (κ1) is 14.5. The van der Waals surface area contributed by atoms with Crippen LogP contribution in [-0.2, 0) is 5.75 Å². The molecule has 1 N–H and O–H groups in total. The van der Waals surface area contributed by atoms with Crippen LogP contribution < -0.4 is 5.32 Å². The first-order valence-corrected chi connectivity index (χ1v) is 8.06. The van der Waals surface area contributed by atoms with Gasteiger partial charge in [-0.3, -0.25) is 0 Å². The van der Waals surface area contributed by atoms with Gasteiger partial charge in [0.25, 0.3) is 0 Å². The van der Waals surface area contributed by atoms with E-state index >= 15 is 0 Å². The summed E-state index contributed by atoms with van der Waals surface area (Å²) in [4.78, 5) is 6.31. The van der Waals surface area contributed by atoms with E-state index in [9.17, 15) is 4.39 Å². The fraction of sp³-hybridized carbons (Fsp3) is 0.357. The predicted molar refractivity (Wildman–Crippen MR) is 80.2 cm³/mol. The van der Waals surface area contributed by atoms with Crippen molar-refractivity contribution < 1.29 is 4.39 Å². The Kier molecular flexibility index (Phi) is 5.36. The zero-order valence-electron chi connectivity index (χ0n) is 11.0. The number of nitrogens with zero attached hydrogens (tertiary/aromatic N) is 1. The lowest BCUT2D eigenvalue weighted by molar-refractivity contribution is 0.602. The molecule has 0 amide bonds. The quantitative estimate of drug-likeness (QED) is 0.807. The number of thioether (sulfide) groups is 1. The van der Waals surface area contributed by atoms with Crippen LogP contribution in [0.2, 0.25) is 0 Å². The van der Waals surface area contributed by atoms with E-state index < -0.39 is 0 Å². The Balaban J connectivity index is 1.95. The highest BCUT2D eigenvalue weighted by atomic mass is 32.2. The summed E-state index contributed by atoms with van der Waals surface area (Å²) < 4.78 is 13.5. The minimum Gasteiger partial charge on any atom is -0.310 e. The first-order valence-electron chi connectivity index (χ1n) is 6.26. The average Bonchev–Trinajstić information content (AvgIpc) is 2.87. The molecule has 0 aliphatic rings. The maximum atomic E-state index is 13.5. The number of rotatable bonds is 6. The molecule has 1 heterocycles. The zero-order chi connectivity index (χ0) is 13.7. The minimum atomic E-state index is -0.162. The molecule has 0 saturated heterocycles. The van der Waals surface area contributed by atoms with Gasteiger partial charge in [-0.05, 0) is 25.6 Å². The van der Waals surface area contributed by atoms with Crippen molar-refractivity contribution in [2.45, 2.75) is 30.5 Å². The molecule has 0 fully saturated rings. The van der Waals surface area contributed by atoms with Gasteiger partial charge >= 0.3 is 0 Å². The summed E-state index contributed by atoms with van der Waals surface area (Å²) in [7, 11) is 0. The molecule has 5 heteroatoms. The van der Waals surface area contributed by atoms with Gasteiger partial charge in [0.05, 0.1) is 5.75 Å². The second kappa shape index (κ2) is 7.03. The summed E-state index contributed by atoms with van der Waals surface area (Å²) in [5, 5.41) is 4.40. The fourth-order valence-corrected chi connectivity index (χ4v) is 3.59. The van der Waals surface area contributed by atoms with E-state index in [-0.39, 0.29) is 5.82 Å². The van der Waals surface area contributed by atoms with E-state index in [1.165, 1.54) is 22.7 Å². The molecule has 1 atom stereocenters. The maximum absolute atomic E-state index is 13.5. The van der Waals surface area contributed by atoms with E-state index in [1.807, 2.05) is 12.3 Å². The van der Waals surface area contributed by atoms with E-state index in [0.29, 0.717) is 16.7 Å². The van der Waals surface area contributed by atoms with Crippen LogP contribution in [0.4, 0.5) is 4.39 Å². The molecular formula is C14H17FN2S2. The van der Waals surface area contributed by atoms with Crippen molar-refractivity contribution in [3.05, 3.63) is 46.2 Å². The molecule has 0 bridgehead atoms. The van der Waals surface area contributed by atoms with E-state index in [0.717, 1.165) is 11.6 Å². The summed E-state index contributed by atoms with van der Waals surface area (Å²) in [5.74, 6) is 0.551. The second-order valence-electron chi connectivity index (χ2n) is 4.15. The predicted octanol–water partition coefficient (Wildman–Crippen LogP) is 4.25. The Labute approximate surface area is 121 Å². The summed E-state index contributed by atoms with van der Waals surface area (Å²) in [5.41, 5.74) is 0. The van der Waals surface area contributed by atoms with Gasteiger partial charge in [-0.2, -0.15) is 0 Å². The van der Waals surface area contributed by atoms with Crippen molar-refractivity contribution >= 4 is 23.1 Å². The van der Waals surface area contributed by atoms with Crippen molar-refractivity contribution in [3.8, 4) is 0 Å². The number of thiazole rings is 1. The molecule has 0 spiro atoms. The Morgan fingerprint density at radius 1 is 1.42 bits per heavy atom. The Morgan fingerprint density at radius 3 is 2.95 bits per heavy atom. The number of benzene rings is 1. The molecule has 1 aromatic carbocycles. The summed E-state index contributed by atoms with van der Waals surface area (Å²) in [6.07, 6.45) is 1.91. The Bertz CT molecular complexity index is 528. The van der Waals surface area contributed by atoms with Gasteiger partial charge in [0, 0.05) is 22.0 Å². The van der Waals surface area contributed by atoms with Crippen molar-refractivity contribution in [2.24, 2.45) is 0 Å². The minimum absolute atomic E-state index is 0.162. The van der Waals surface area contributed by atoms with E-state index in [1.54, 1.807) is 23.5 Å². The van der Waals surface area contributed by atoms with Crippen LogP contribution >= 0.6 is 23.1 Å². The molecule has 2 rings (SSSR count). The van der Waals surface area contributed by atoms with Crippen LogP contribution in [0.1, 0.15) is 29.8 Å². The van der Waals surface area contributed by atoms with Crippen molar-refractivity contribution in [1.29, 1.82) is 0 Å². The summed E-state index contributed by atoms with van der Waals surface area (Å²) in [6, 6.07) is 7.18. The molecule has 1 unspecified atom stereocenters. The van der Waals surface area contributed by atoms with Gasteiger partial charge in [0.2, 0.25) is 0 Å². The number of aromatic nitrogens is 1. The third-order valence-electron chi connectivity index (χ3n) is 2.70. The lowest BCUT2D eigenvalue weighted by atomic mass is 10.3. The Hall–Kier alpha value is -0.910. The molecule has 102 valence electrons. The molecular weight excluding hydrogens is 279 g/mol. The molecule has 0 aliphatic heterocycles. The molecule has 19 heavy (non-hydrogen) atoms. The third kappa shape index (κ3) is 4.03. The van der Waals surface area contributed by atoms with Crippen LogP contribution in [0.15, 0.2) is 35.4 Å². The summed E-state index contributed by atoms with van der Waals surface area (Å²) in [6.45, 7) is 5.16. The number of halogens is 1. The normalized spacial score (nSPS) is 12.6. The van der Waals surface area contributed by atoms with Gasteiger partial charge in [0.1, 0.15) is 10.8 Å². The van der Waals surface area contributed by atoms with Crippen LogP contribution in [0.25, 0.3) is 0 Å². The van der Waals surface area contributed by atoms with E-state index in [2.05, 4.69) is 24.1 Å². The van der Waals surface area contributed by atoms with Gasteiger partial charge in [0.15, 0.2) is 0 Å². The highest BCUT2D eigenvalue weighted by molar-refractivity contribution is 7.98. The van der Waals surface area contributed by atoms with Crippen molar-refractivity contribution in [1.82, 2.24) is 10.3 Å². The van der Waals surface area contributed by atoms with Gasteiger partial charge < -0.3 is 5.32 Å². The van der Waals surface area contributed by atoms with Gasteiger partial charge in [-0.25, -0.2) is 9.37 Å². The number of nitrogens with one attached hydrogen (secondary N) is 1. The number of hydrogen-bond donors (Lipinski definition) is 1. The van der Waals surface area contributed by atoms with Crippen molar-refractivity contribution in [2.75, 3.05) is 6.54 Å². The SMILES string of the molecule is CCNC(C)c1cnc(CSc2ccccc2F)s1. The summed E-state index contributed by atoms with van der Waals surface area (Å²) >= 11 is 3.18. The van der Waals surface area contributed by atoms with E-state index in [4.69, 9.17) is 0 Å². The molecule has 0 aliphatic carbocycles. The fourth-order valence-electron chi connectivity index (χ4n) is 1.70. The lowest BCUT2D eigenvalue weighted by Crippen LogP contribution is -2.16. The third-order valence-corrected chi connectivity index (χ3v) is 5.12. The molecule has 0 radical (unpaired) electrons. The lowest BCUT2D eigenvalue weighted by Gasteiger charge is -2.08. The van der Waals surface area contributed by atoms with Crippen LogP contribution in [0, 0.1) is 5.82 Å². The molecule has 2 nitrogen and oxygen atoms in total. The van der Waals surface area contributed by atoms with Gasteiger partial charge in [-0.1, -0.05) is 19.1 Å². The highest BCUT2D eigenvalue weighted by Crippen LogP contribution is 2.28. The van der Waals surface area contributed by atoms with Crippen LogP contribution in [0.5, 0.6) is 0 Å². The first-order chi connectivity index (χ1) is 9.20. The topological polar surface area (TPSA) is 24.9 Å². The molecule has 2 aromatic rings. The molecule has 1 aromatic heterocycles. The zero-order valence-corrected chi connectivity index (χ0v) is 12.7. The van der Waals surface area contributed by atoms with Gasteiger partial charge in [-0.15, -0.1) is 23.1 Å². The second-order valence-corrected chi connectivity index (χ2v) is 6.32. The maximum Gasteiger partial charge on any atom is 0.136 e. The number of hydrogen-bond acceptors (Lipinski definition) is 4. The monoisotopic (exact) mass is 296 g/mol. The largest absolute Gasteiger partial charge is 0.310 e. The van der Waals surface area contributed by atoms with Crippen molar-refractivity contribution in [3.63, 3.8) is 0 Å². The van der Waals surface area contributed by atoms with Crippen LogP contribution in [-0.4, -0.2) is 11.5 Å². The smallest absolute Gasteiger partial charge is 0.136 e. The van der Waals surface area contributed by atoms with Crippen LogP contribution in [0.3, 0.4) is 0 Å². The standard InChI is InChI=1S/C14H17FN2S2/c1-3-16-10(2)13-8-17-14(19-13)9-18-12-7-5-4-6-11(12)15/h4-8,10,16H,3,9H2,1-2H3.